The van der Waals surface area contributed by atoms with Gasteiger partial charge in [-0.1, -0.05) is 33.1 Å². The molecular weight excluding hydrogens is 304 g/mol. The molecule has 0 aromatic carbocycles. The van der Waals surface area contributed by atoms with E-state index in [0.717, 1.165) is 51.4 Å². The van der Waals surface area contributed by atoms with E-state index in [1.54, 1.807) is 0 Å². The first-order chi connectivity index (χ1) is 11.6. The molecule has 3 aliphatic rings. The van der Waals surface area contributed by atoms with Crippen LogP contribution < -0.4 is 5.32 Å². The number of hydrogen-bond acceptors (Lipinski definition) is 3. The molecule has 0 aromatic rings. The smallest absolute Gasteiger partial charge is 0.245 e. The predicted molar refractivity (Wildman–Crippen MR) is 92.2 cm³/mol. The first-order valence-electron chi connectivity index (χ1n) is 9.82. The molecule has 0 bridgehead atoms. The molecule has 3 atom stereocenters. The van der Waals surface area contributed by atoms with Gasteiger partial charge in [0, 0.05) is 12.5 Å². The minimum atomic E-state index is -0.536. The van der Waals surface area contributed by atoms with E-state index in [0.29, 0.717) is 19.1 Å². The number of ether oxygens (including phenoxy) is 1. The van der Waals surface area contributed by atoms with E-state index in [4.69, 9.17) is 4.74 Å². The number of rotatable bonds is 4. The van der Waals surface area contributed by atoms with E-state index in [2.05, 4.69) is 12.2 Å². The fourth-order valence-corrected chi connectivity index (χ4v) is 4.77. The van der Waals surface area contributed by atoms with Crippen molar-refractivity contribution in [3.05, 3.63) is 0 Å². The maximum absolute atomic E-state index is 13.3. The second-order valence-electron chi connectivity index (χ2n) is 7.96. The van der Waals surface area contributed by atoms with Crippen molar-refractivity contribution in [3.8, 4) is 0 Å². The second-order valence-corrected chi connectivity index (χ2v) is 7.96. The summed E-state index contributed by atoms with van der Waals surface area (Å²) in [5.41, 5.74) is -0.536. The highest BCUT2D eigenvalue weighted by atomic mass is 16.5. The molecule has 0 radical (unpaired) electrons. The first-order valence-corrected chi connectivity index (χ1v) is 9.82. The van der Waals surface area contributed by atoms with Gasteiger partial charge in [-0.15, -0.1) is 0 Å². The third-order valence-corrected chi connectivity index (χ3v) is 5.99. The highest BCUT2D eigenvalue weighted by Crippen LogP contribution is 2.44. The second kappa shape index (κ2) is 7.42. The number of carbonyl (C=O) groups is 2. The Labute approximate surface area is 145 Å². The van der Waals surface area contributed by atoms with E-state index in [1.165, 1.54) is 6.42 Å². The van der Waals surface area contributed by atoms with Crippen LogP contribution in [0.3, 0.4) is 0 Å². The predicted octanol–water partition coefficient (Wildman–Crippen LogP) is 2.84. The maximum atomic E-state index is 13.3. The molecule has 5 heteroatoms. The van der Waals surface area contributed by atoms with Gasteiger partial charge in [-0.25, -0.2) is 0 Å². The summed E-state index contributed by atoms with van der Waals surface area (Å²) in [6.07, 6.45) is 9.06. The van der Waals surface area contributed by atoms with E-state index < -0.39 is 11.8 Å². The lowest BCUT2D eigenvalue weighted by Crippen LogP contribution is -2.58. The molecule has 1 aliphatic heterocycles. The van der Waals surface area contributed by atoms with Crippen molar-refractivity contribution < 1.29 is 14.3 Å². The molecule has 136 valence electrons. The number of hydrogen-bond donors (Lipinski definition) is 1. The summed E-state index contributed by atoms with van der Waals surface area (Å²) >= 11 is 0. The minimum Gasteiger partial charge on any atom is -0.354 e. The Morgan fingerprint density at radius 1 is 1.21 bits per heavy atom. The van der Waals surface area contributed by atoms with Crippen molar-refractivity contribution in [3.63, 3.8) is 0 Å². The summed E-state index contributed by atoms with van der Waals surface area (Å²) in [7, 11) is 0. The number of carbonyl (C=O) groups excluding carboxylic acids is 2. The summed E-state index contributed by atoms with van der Waals surface area (Å²) in [5.74, 6) is 0.742. The van der Waals surface area contributed by atoms with Crippen LogP contribution in [0.5, 0.6) is 0 Å². The lowest BCUT2D eigenvalue weighted by atomic mass is 9.82. The number of nitrogens with zero attached hydrogens (tertiary/aromatic N) is 1. The Morgan fingerprint density at radius 3 is 2.62 bits per heavy atom. The largest absolute Gasteiger partial charge is 0.354 e. The van der Waals surface area contributed by atoms with Gasteiger partial charge in [-0.05, 0) is 44.4 Å². The molecule has 1 heterocycles. The summed E-state index contributed by atoms with van der Waals surface area (Å²) in [6.45, 7) is 5.27. The van der Waals surface area contributed by atoms with Gasteiger partial charge in [-0.3, -0.25) is 14.5 Å². The molecule has 2 saturated carbocycles. The van der Waals surface area contributed by atoms with E-state index >= 15 is 0 Å². The Morgan fingerprint density at radius 2 is 1.96 bits per heavy atom. The van der Waals surface area contributed by atoms with Gasteiger partial charge in [-0.2, -0.15) is 0 Å². The van der Waals surface area contributed by atoms with Crippen molar-refractivity contribution in [2.24, 2.45) is 11.8 Å². The van der Waals surface area contributed by atoms with Gasteiger partial charge in [0.05, 0.1) is 6.61 Å². The molecule has 2 amide bonds. The van der Waals surface area contributed by atoms with Crippen molar-refractivity contribution in [1.29, 1.82) is 0 Å². The topological polar surface area (TPSA) is 58.6 Å². The lowest BCUT2D eigenvalue weighted by Gasteiger charge is -2.44. The summed E-state index contributed by atoms with van der Waals surface area (Å²) < 4.78 is 6.20. The van der Waals surface area contributed by atoms with E-state index in [1.807, 2.05) is 11.8 Å². The standard InChI is InChI=1S/C19H32N2O3/c1-3-11-20-17(22)16-13-24-19(10-6-7-14(2)12-19)21(16)18(23)15-8-4-5-9-15/h14-16H,3-13H2,1-2H3,(H,20,22)/t14-,16-,19-/m0/s1. The lowest BCUT2D eigenvalue weighted by molar-refractivity contribution is -0.166. The molecule has 1 saturated heterocycles. The third kappa shape index (κ3) is 3.32. The van der Waals surface area contributed by atoms with Gasteiger partial charge >= 0.3 is 0 Å². The van der Waals surface area contributed by atoms with Crippen LogP contribution in [-0.4, -0.2) is 41.6 Å². The fourth-order valence-electron chi connectivity index (χ4n) is 4.77. The SMILES string of the molecule is CCCNC(=O)[C@@H]1CO[C@]2(CCC[C@H](C)C2)N1C(=O)C1CCCC1. The molecule has 1 N–H and O–H groups in total. The summed E-state index contributed by atoms with van der Waals surface area (Å²) in [4.78, 5) is 27.8. The number of amides is 2. The normalized spacial score (nSPS) is 34.0. The van der Waals surface area contributed by atoms with Gasteiger partial charge in [0.15, 0.2) is 0 Å². The van der Waals surface area contributed by atoms with Crippen molar-refractivity contribution in [2.75, 3.05) is 13.2 Å². The van der Waals surface area contributed by atoms with Crippen LogP contribution in [0.2, 0.25) is 0 Å². The zero-order chi connectivity index (χ0) is 17.2. The summed E-state index contributed by atoms with van der Waals surface area (Å²) in [6, 6.07) is -0.449. The molecule has 3 rings (SSSR count). The van der Waals surface area contributed by atoms with Crippen LogP contribution in [0.1, 0.15) is 71.6 Å². The van der Waals surface area contributed by atoms with E-state index in [-0.39, 0.29) is 17.7 Å². The Bertz CT molecular complexity index is 475. The molecule has 0 aromatic heterocycles. The molecule has 1 spiro atoms. The molecule has 2 aliphatic carbocycles. The minimum absolute atomic E-state index is 0.0432. The van der Waals surface area contributed by atoms with Crippen LogP contribution >= 0.6 is 0 Å². The van der Waals surface area contributed by atoms with Crippen LogP contribution in [0.4, 0.5) is 0 Å². The zero-order valence-electron chi connectivity index (χ0n) is 15.2. The maximum Gasteiger partial charge on any atom is 0.245 e. The van der Waals surface area contributed by atoms with Crippen molar-refractivity contribution in [2.45, 2.75) is 83.4 Å². The molecule has 0 unspecified atom stereocenters. The van der Waals surface area contributed by atoms with Gasteiger partial charge in [0.25, 0.3) is 0 Å². The van der Waals surface area contributed by atoms with Crippen molar-refractivity contribution >= 4 is 11.8 Å². The van der Waals surface area contributed by atoms with Crippen LogP contribution in [-0.2, 0) is 14.3 Å². The average Bonchev–Trinajstić information content (AvgIpc) is 3.20. The van der Waals surface area contributed by atoms with E-state index in [9.17, 15) is 9.59 Å². The Kier molecular flexibility index (Phi) is 5.48. The molecular formula is C19H32N2O3. The van der Waals surface area contributed by atoms with Gasteiger partial charge < -0.3 is 10.1 Å². The number of nitrogens with one attached hydrogen (secondary N) is 1. The van der Waals surface area contributed by atoms with Crippen molar-refractivity contribution in [1.82, 2.24) is 10.2 Å². The quantitative estimate of drug-likeness (QED) is 0.859. The Hall–Kier alpha value is -1.10. The van der Waals surface area contributed by atoms with Crippen LogP contribution in [0.25, 0.3) is 0 Å². The first kappa shape index (κ1) is 17.7. The summed E-state index contributed by atoms with van der Waals surface area (Å²) in [5, 5.41) is 2.97. The average molecular weight is 336 g/mol. The molecule has 24 heavy (non-hydrogen) atoms. The van der Waals surface area contributed by atoms with Crippen LogP contribution in [0, 0.1) is 11.8 Å². The van der Waals surface area contributed by atoms with Gasteiger partial charge in [0.1, 0.15) is 11.8 Å². The fraction of sp³-hybridized carbons (Fsp3) is 0.895. The molecule has 5 nitrogen and oxygen atoms in total. The third-order valence-electron chi connectivity index (χ3n) is 5.99. The van der Waals surface area contributed by atoms with Gasteiger partial charge in [0.2, 0.25) is 11.8 Å². The zero-order valence-corrected chi connectivity index (χ0v) is 15.2. The highest BCUT2D eigenvalue weighted by Gasteiger charge is 2.54. The monoisotopic (exact) mass is 336 g/mol. The van der Waals surface area contributed by atoms with Crippen LogP contribution in [0.15, 0.2) is 0 Å². The highest BCUT2D eigenvalue weighted by molar-refractivity contribution is 5.89. The molecule has 3 fully saturated rings. The Balaban J connectivity index is 1.83.